The Hall–Kier alpha value is -1.71. The number of carbonyl (C=O) groups excluding carboxylic acids is 1. The minimum atomic E-state index is 0.0862. The normalized spacial score (nSPS) is 15.1. The number of benzene rings is 1. The SMILES string of the molecule is CC(C)N1C(=O)CNc2c(N)cccc21. The van der Waals surface area contributed by atoms with Gasteiger partial charge < -0.3 is 16.0 Å². The molecule has 1 aromatic carbocycles. The quantitative estimate of drug-likeness (QED) is 0.682. The number of nitrogen functional groups attached to an aromatic ring is 1. The monoisotopic (exact) mass is 205 g/mol. The van der Waals surface area contributed by atoms with Crippen molar-refractivity contribution in [1.29, 1.82) is 0 Å². The Bertz CT molecular complexity index is 401. The van der Waals surface area contributed by atoms with E-state index < -0.39 is 0 Å². The maximum atomic E-state index is 11.7. The molecule has 80 valence electrons. The Labute approximate surface area is 89.1 Å². The van der Waals surface area contributed by atoms with Crippen LogP contribution in [-0.2, 0) is 4.79 Å². The van der Waals surface area contributed by atoms with Crippen LogP contribution < -0.4 is 16.0 Å². The molecule has 1 aromatic rings. The van der Waals surface area contributed by atoms with Crippen molar-refractivity contribution in [3.8, 4) is 0 Å². The van der Waals surface area contributed by atoms with Crippen LogP contribution in [-0.4, -0.2) is 18.5 Å². The molecule has 0 saturated carbocycles. The fourth-order valence-corrected chi connectivity index (χ4v) is 1.90. The van der Waals surface area contributed by atoms with E-state index in [9.17, 15) is 4.79 Å². The Morgan fingerprint density at radius 3 is 2.87 bits per heavy atom. The van der Waals surface area contributed by atoms with E-state index in [0.29, 0.717) is 12.2 Å². The van der Waals surface area contributed by atoms with Crippen molar-refractivity contribution < 1.29 is 4.79 Å². The second-order valence-corrected chi connectivity index (χ2v) is 3.95. The predicted octanol–water partition coefficient (Wildman–Crippen LogP) is 1.44. The molecule has 0 unspecified atom stereocenters. The van der Waals surface area contributed by atoms with Crippen molar-refractivity contribution in [1.82, 2.24) is 0 Å². The number of nitrogens with two attached hydrogens (primary N) is 1. The Balaban J connectivity index is 2.53. The molecular formula is C11H15N3O. The lowest BCUT2D eigenvalue weighted by molar-refractivity contribution is -0.117. The molecule has 0 aliphatic carbocycles. The van der Waals surface area contributed by atoms with E-state index in [1.807, 2.05) is 32.0 Å². The van der Waals surface area contributed by atoms with Crippen LogP contribution in [0.4, 0.5) is 17.1 Å². The molecule has 1 amide bonds. The van der Waals surface area contributed by atoms with Gasteiger partial charge in [-0.05, 0) is 26.0 Å². The van der Waals surface area contributed by atoms with Gasteiger partial charge in [-0.25, -0.2) is 0 Å². The fraction of sp³-hybridized carbons (Fsp3) is 0.364. The largest absolute Gasteiger partial charge is 0.397 e. The van der Waals surface area contributed by atoms with Gasteiger partial charge in [0, 0.05) is 6.04 Å². The minimum Gasteiger partial charge on any atom is -0.397 e. The lowest BCUT2D eigenvalue weighted by Crippen LogP contribution is -2.44. The summed E-state index contributed by atoms with van der Waals surface area (Å²) in [6.45, 7) is 4.31. The summed E-state index contributed by atoms with van der Waals surface area (Å²) >= 11 is 0. The molecule has 0 saturated heterocycles. The summed E-state index contributed by atoms with van der Waals surface area (Å²) in [5.41, 5.74) is 8.28. The number of carbonyl (C=O) groups is 1. The van der Waals surface area contributed by atoms with Gasteiger partial charge in [-0.1, -0.05) is 6.07 Å². The topological polar surface area (TPSA) is 58.4 Å². The van der Waals surface area contributed by atoms with Gasteiger partial charge in [0.05, 0.1) is 23.6 Å². The summed E-state index contributed by atoms with van der Waals surface area (Å²) in [5, 5.41) is 3.05. The maximum absolute atomic E-state index is 11.7. The van der Waals surface area contributed by atoms with Crippen molar-refractivity contribution in [2.24, 2.45) is 0 Å². The Morgan fingerprint density at radius 1 is 1.47 bits per heavy atom. The van der Waals surface area contributed by atoms with Gasteiger partial charge in [0.25, 0.3) is 0 Å². The molecule has 1 aliphatic heterocycles. The fourth-order valence-electron chi connectivity index (χ4n) is 1.90. The van der Waals surface area contributed by atoms with E-state index in [2.05, 4.69) is 5.32 Å². The van der Waals surface area contributed by atoms with Crippen LogP contribution in [0.1, 0.15) is 13.8 Å². The summed E-state index contributed by atoms with van der Waals surface area (Å²) < 4.78 is 0. The first kappa shape index (κ1) is 9.83. The number of amides is 1. The molecule has 0 bridgehead atoms. The van der Waals surface area contributed by atoms with E-state index in [-0.39, 0.29) is 11.9 Å². The molecule has 15 heavy (non-hydrogen) atoms. The summed E-state index contributed by atoms with van der Waals surface area (Å²) in [5.74, 6) is 0.0862. The third-order valence-corrected chi connectivity index (χ3v) is 2.54. The summed E-state index contributed by atoms with van der Waals surface area (Å²) in [4.78, 5) is 13.5. The molecule has 1 aliphatic rings. The predicted molar refractivity (Wildman–Crippen MR) is 62.0 cm³/mol. The van der Waals surface area contributed by atoms with Gasteiger partial charge in [0.2, 0.25) is 5.91 Å². The highest BCUT2D eigenvalue weighted by atomic mass is 16.2. The number of hydrogen-bond acceptors (Lipinski definition) is 3. The van der Waals surface area contributed by atoms with Gasteiger partial charge in [0.1, 0.15) is 0 Å². The molecule has 0 atom stereocenters. The third kappa shape index (κ3) is 1.52. The zero-order chi connectivity index (χ0) is 11.0. The standard InChI is InChI=1S/C11H15N3O/c1-7(2)14-9-5-3-4-8(12)11(9)13-6-10(14)15/h3-5,7,13H,6,12H2,1-2H3. The van der Waals surface area contributed by atoms with Gasteiger partial charge in [-0.15, -0.1) is 0 Å². The zero-order valence-electron chi connectivity index (χ0n) is 8.95. The number of para-hydroxylation sites is 1. The van der Waals surface area contributed by atoms with Crippen molar-refractivity contribution in [3.63, 3.8) is 0 Å². The van der Waals surface area contributed by atoms with Crippen LogP contribution in [0.3, 0.4) is 0 Å². The number of hydrogen-bond donors (Lipinski definition) is 2. The van der Waals surface area contributed by atoms with Crippen LogP contribution in [0.15, 0.2) is 18.2 Å². The summed E-state index contributed by atoms with van der Waals surface area (Å²) in [6, 6.07) is 5.76. The van der Waals surface area contributed by atoms with Crippen LogP contribution in [0.5, 0.6) is 0 Å². The Kier molecular flexibility index (Phi) is 2.26. The molecule has 0 fully saturated rings. The Morgan fingerprint density at radius 2 is 2.20 bits per heavy atom. The highest BCUT2D eigenvalue weighted by Gasteiger charge is 2.26. The van der Waals surface area contributed by atoms with Crippen molar-refractivity contribution >= 4 is 23.0 Å². The molecule has 4 nitrogen and oxygen atoms in total. The van der Waals surface area contributed by atoms with Crippen molar-refractivity contribution in [3.05, 3.63) is 18.2 Å². The van der Waals surface area contributed by atoms with E-state index in [1.54, 1.807) is 4.90 Å². The zero-order valence-corrected chi connectivity index (χ0v) is 8.95. The van der Waals surface area contributed by atoms with Gasteiger partial charge in [-0.2, -0.15) is 0 Å². The third-order valence-electron chi connectivity index (χ3n) is 2.54. The molecule has 0 spiro atoms. The smallest absolute Gasteiger partial charge is 0.246 e. The van der Waals surface area contributed by atoms with Crippen molar-refractivity contribution in [2.45, 2.75) is 19.9 Å². The van der Waals surface area contributed by atoms with Crippen LogP contribution in [0.2, 0.25) is 0 Å². The lowest BCUT2D eigenvalue weighted by Gasteiger charge is -2.33. The first-order valence-corrected chi connectivity index (χ1v) is 5.05. The number of rotatable bonds is 1. The summed E-state index contributed by atoms with van der Waals surface area (Å²) in [6.07, 6.45) is 0. The van der Waals surface area contributed by atoms with Crippen LogP contribution >= 0.6 is 0 Å². The average molecular weight is 205 g/mol. The van der Waals surface area contributed by atoms with E-state index >= 15 is 0 Å². The van der Waals surface area contributed by atoms with E-state index in [0.717, 1.165) is 11.4 Å². The number of anilines is 3. The van der Waals surface area contributed by atoms with Crippen LogP contribution in [0, 0.1) is 0 Å². The highest BCUT2D eigenvalue weighted by molar-refractivity contribution is 6.05. The second kappa shape index (κ2) is 3.46. The maximum Gasteiger partial charge on any atom is 0.246 e. The molecular weight excluding hydrogens is 190 g/mol. The number of nitrogens with zero attached hydrogens (tertiary/aromatic N) is 1. The highest BCUT2D eigenvalue weighted by Crippen LogP contribution is 2.35. The first-order chi connectivity index (χ1) is 7.11. The molecule has 4 heteroatoms. The van der Waals surface area contributed by atoms with Gasteiger partial charge >= 0.3 is 0 Å². The van der Waals surface area contributed by atoms with E-state index in [1.165, 1.54) is 0 Å². The van der Waals surface area contributed by atoms with Crippen molar-refractivity contribution in [2.75, 3.05) is 22.5 Å². The first-order valence-electron chi connectivity index (χ1n) is 5.05. The van der Waals surface area contributed by atoms with Gasteiger partial charge in [-0.3, -0.25) is 4.79 Å². The van der Waals surface area contributed by atoms with E-state index in [4.69, 9.17) is 5.73 Å². The molecule has 3 N–H and O–H groups in total. The number of fused-ring (bicyclic) bond motifs is 1. The number of nitrogens with one attached hydrogen (secondary N) is 1. The van der Waals surface area contributed by atoms with Gasteiger partial charge in [0.15, 0.2) is 0 Å². The van der Waals surface area contributed by atoms with Crippen LogP contribution in [0.25, 0.3) is 0 Å². The second-order valence-electron chi connectivity index (χ2n) is 3.95. The molecule has 0 radical (unpaired) electrons. The molecule has 1 heterocycles. The minimum absolute atomic E-state index is 0.0862. The average Bonchev–Trinajstić information content (AvgIpc) is 2.17. The lowest BCUT2D eigenvalue weighted by atomic mass is 10.1. The molecule has 0 aromatic heterocycles. The summed E-state index contributed by atoms with van der Waals surface area (Å²) in [7, 11) is 0. The molecule has 2 rings (SSSR count).